The van der Waals surface area contributed by atoms with Gasteiger partial charge in [-0.15, -0.1) is 11.3 Å². The zero-order valence-electron chi connectivity index (χ0n) is 17.3. The lowest BCUT2D eigenvalue weighted by molar-refractivity contribution is 0.0923. The Labute approximate surface area is 188 Å². The molecule has 0 bridgehead atoms. The highest BCUT2D eigenvalue weighted by Crippen LogP contribution is 2.31. The average molecular weight is 475 g/mol. The number of sulfone groups is 1. The Bertz CT molecular complexity index is 1230. The van der Waals surface area contributed by atoms with Crippen molar-refractivity contribution in [3.8, 4) is 0 Å². The van der Waals surface area contributed by atoms with Crippen LogP contribution in [0.3, 0.4) is 0 Å². The highest BCUT2D eigenvalue weighted by molar-refractivity contribution is 7.90. The van der Waals surface area contributed by atoms with Gasteiger partial charge in [0.1, 0.15) is 6.33 Å². The molecule has 0 spiro atoms. The van der Waals surface area contributed by atoms with Gasteiger partial charge in [0.2, 0.25) is 15.0 Å². The zero-order chi connectivity index (χ0) is 22.7. The molecule has 0 atom stereocenters. The van der Waals surface area contributed by atoms with Gasteiger partial charge in [0.15, 0.2) is 10.9 Å². The number of thiazole rings is 1. The Balaban J connectivity index is 1.43. The van der Waals surface area contributed by atoms with Crippen molar-refractivity contribution < 1.29 is 18.0 Å². The van der Waals surface area contributed by atoms with Crippen LogP contribution < -0.4 is 10.6 Å². The van der Waals surface area contributed by atoms with E-state index >= 15 is 0 Å². The summed E-state index contributed by atoms with van der Waals surface area (Å²) >= 11 is 1.04. The first kappa shape index (κ1) is 22.1. The fourth-order valence-electron chi connectivity index (χ4n) is 3.66. The molecule has 0 saturated heterocycles. The topological polar surface area (TPSA) is 147 Å². The maximum absolute atomic E-state index is 12.9. The summed E-state index contributed by atoms with van der Waals surface area (Å²) in [5, 5.41) is 11.2. The van der Waals surface area contributed by atoms with Crippen LogP contribution in [0.25, 0.3) is 0 Å². The summed E-state index contributed by atoms with van der Waals surface area (Å²) in [7, 11) is -3.69. The van der Waals surface area contributed by atoms with Crippen LogP contribution in [0.15, 0.2) is 35.9 Å². The van der Waals surface area contributed by atoms with E-state index < -0.39 is 15.9 Å². The van der Waals surface area contributed by atoms with Gasteiger partial charge in [0.05, 0.1) is 11.4 Å². The van der Waals surface area contributed by atoms with E-state index in [0.29, 0.717) is 16.1 Å². The van der Waals surface area contributed by atoms with E-state index in [0.717, 1.165) is 48.9 Å². The van der Waals surface area contributed by atoms with E-state index in [-0.39, 0.29) is 27.7 Å². The molecule has 12 heteroatoms. The number of hydrogen-bond donors (Lipinski definition) is 3. The lowest BCUT2D eigenvalue weighted by atomic mass is 9.94. The SMILES string of the molecule is Cc1ccc(NC(=O)Nc2ncc(CS(=O)(=O)c3ncn[nH]3)s2)c(C(=O)C2CCCC2)c1. The molecule has 2 amide bonds. The molecule has 10 nitrogen and oxygen atoms in total. The third kappa shape index (κ3) is 5.02. The highest BCUT2D eigenvalue weighted by Gasteiger charge is 2.26. The van der Waals surface area contributed by atoms with Gasteiger partial charge >= 0.3 is 6.03 Å². The van der Waals surface area contributed by atoms with Gasteiger partial charge in [0, 0.05) is 22.6 Å². The average Bonchev–Trinajstić information content (AvgIpc) is 3.51. The van der Waals surface area contributed by atoms with Crippen molar-refractivity contribution in [2.45, 2.75) is 43.5 Å². The van der Waals surface area contributed by atoms with Gasteiger partial charge in [0.25, 0.3) is 0 Å². The van der Waals surface area contributed by atoms with Crippen LogP contribution >= 0.6 is 11.3 Å². The number of H-pyrrole nitrogens is 1. The maximum Gasteiger partial charge on any atom is 0.325 e. The van der Waals surface area contributed by atoms with E-state index in [1.165, 1.54) is 6.20 Å². The predicted octanol–water partition coefficient (Wildman–Crippen LogP) is 3.56. The van der Waals surface area contributed by atoms with Crippen molar-refractivity contribution in [3.63, 3.8) is 0 Å². The van der Waals surface area contributed by atoms with Crippen LogP contribution in [0.1, 0.15) is 46.5 Å². The monoisotopic (exact) mass is 474 g/mol. The summed E-state index contributed by atoms with van der Waals surface area (Å²) in [6.45, 7) is 1.90. The number of rotatable bonds is 7. The molecule has 3 aromatic rings. The first-order chi connectivity index (χ1) is 15.3. The summed E-state index contributed by atoms with van der Waals surface area (Å²) in [6.07, 6.45) is 6.34. The third-order valence-corrected chi connectivity index (χ3v) is 7.78. The first-order valence-electron chi connectivity index (χ1n) is 10.1. The lowest BCUT2D eigenvalue weighted by Gasteiger charge is -2.14. The number of carbonyl (C=O) groups excluding carboxylic acids is 2. The van der Waals surface area contributed by atoms with Crippen molar-refractivity contribution >= 4 is 43.8 Å². The number of benzene rings is 1. The summed E-state index contributed by atoms with van der Waals surface area (Å²) in [5.41, 5.74) is 1.88. The fourth-order valence-corrected chi connectivity index (χ4v) is 5.95. The van der Waals surface area contributed by atoms with E-state index in [2.05, 4.69) is 30.8 Å². The van der Waals surface area contributed by atoms with Gasteiger partial charge in [-0.25, -0.2) is 23.2 Å². The molecule has 168 valence electrons. The number of nitrogens with one attached hydrogen (secondary N) is 3. The van der Waals surface area contributed by atoms with Crippen molar-refractivity contribution in [1.82, 2.24) is 20.2 Å². The van der Waals surface area contributed by atoms with E-state index in [1.54, 1.807) is 12.1 Å². The van der Waals surface area contributed by atoms with Crippen LogP contribution in [-0.2, 0) is 15.6 Å². The minimum atomic E-state index is -3.69. The second-order valence-corrected chi connectivity index (χ2v) is 10.7. The number of aromatic amines is 1. The van der Waals surface area contributed by atoms with Crippen molar-refractivity contribution in [3.05, 3.63) is 46.7 Å². The molecular formula is C20H22N6O4S2. The fraction of sp³-hybridized carbons (Fsp3) is 0.350. The van der Waals surface area contributed by atoms with Crippen molar-refractivity contribution in [2.75, 3.05) is 10.6 Å². The number of ketones is 1. The molecule has 1 aliphatic carbocycles. The van der Waals surface area contributed by atoms with Crippen LogP contribution in [0.2, 0.25) is 0 Å². The molecule has 1 saturated carbocycles. The van der Waals surface area contributed by atoms with Crippen LogP contribution in [0, 0.1) is 12.8 Å². The van der Waals surface area contributed by atoms with Crippen LogP contribution in [-0.4, -0.2) is 40.4 Å². The minimum absolute atomic E-state index is 0.00626. The predicted molar refractivity (Wildman–Crippen MR) is 119 cm³/mol. The first-order valence-corrected chi connectivity index (χ1v) is 12.5. The number of hydrogen-bond acceptors (Lipinski definition) is 8. The summed E-state index contributed by atoms with van der Waals surface area (Å²) in [5.74, 6) is -0.273. The Hall–Kier alpha value is -3.12. The zero-order valence-corrected chi connectivity index (χ0v) is 18.9. The number of Topliss-reactive ketones (excluding diaryl/α,β-unsaturated/α-hetero) is 1. The van der Waals surface area contributed by atoms with Gasteiger partial charge in [-0.1, -0.05) is 24.5 Å². The summed E-state index contributed by atoms with van der Waals surface area (Å²) in [6, 6.07) is 4.78. The molecular weight excluding hydrogens is 452 g/mol. The molecule has 4 rings (SSSR count). The van der Waals surface area contributed by atoms with Crippen LogP contribution in [0.5, 0.6) is 0 Å². The van der Waals surface area contributed by atoms with Gasteiger partial charge in [-0.3, -0.25) is 15.2 Å². The van der Waals surface area contributed by atoms with E-state index in [1.807, 2.05) is 13.0 Å². The molecule has 2 aromatic heterocycles. The number of aryl methyl sites for hydroxylation is 1. The number of carbonyl (C=O) groups is 2. The number of anilines is 2. The maximum atomic E-state index is 12.9. The largest absolute Gasteiger partial charge is 0.325 e. The standard InChI is InChI=1S/C20H22N6O4S2/c1-12-6-7-16(15(8-12)17(27)13-4-2-3-5-13)24-18(28)25-19-21-9-14(31-19)10-32(29,30)20-22-11-23-26-20/h6-9,11,13H,2-5,10H2,1H3,(H,22,23,26)(H2,21,24,25,28). The summed E-state index contributed by atoms with van der Waals surface area (Å²) < 4.78 is 24.6. The Kier molecular flexibility index (Phi) is 6.33. The molecule has 0 unspecified atom stereocenters. The third-order valence-electron chi connectivity index (χ3n) is 5.21. The molecule has 1 aliphatic rings. The number of urea groups is 1. The van der Waals surface area contributed by atoms with Crippen molar-refractivity contribution in [1.29, 1.82) is 0 Å². The number of amides is 2. The Morgan fingerprint density at radius 2 is 1.97 bits per heavy atom. The number of nitrogens with zero attached hydrogens (tertiary/aromatic N) is 3. The lowest BCUT2D eigenvalue weighted by Crippen LogP contribution is -2.22. The molecule has 2 heterocycles. The van der Waals surface area contributed by atoms with Gasteiger partial charge < -0.3 is 5.32 Å². The van der Waals surface area contributed by atoms with E-state index in [4.69, 9.17) is 0 Å². The summed E-state index contributed by atoms with van der Waals surface area (Å²) in [4.78, 5) is 33.6. The Morgan fingerprint density at radius 3 is 2.69 bits per heavy atom. The van der Waals surface area contributed by atoms with Gasteiger partial charge in [-0.2, -0.15) is 5.10 Å². The second-order valence-electron chi connectivity index (χ2n) is 7.66. The van der Waals surface area contributed by atoms with Gasteiger partial charge in [-0.05, 0) is 31.9 Å². The second kappa shape index (κ2) is 9.17. The number of aromatic nitrogens is 4. The van der Waals surface area contributed by atoms with E-state index in [9.17, 15) is 18.0 Å². The molecule has 1 fully saturated rings. The molecule has 0 aliphatic heterocycles. The molecule has 1 aromatic carbocycles. The quantitative estimate of drug-likeness (QED) is 0.444. The molecule has 32 heavy (non-hydrogen) atoms. The molecule has 0 radical (unpaired) electrons. The smallest absolute Gasteiger partial charge is 0.307 e. The van der Waals surface area contributed by atoms with Crippen LogP contribution in [0.4, 0.5) is 15.6 Å². The van der Waals surface area contributed by atoms with Crippen molar-refractivity contribution in [2.24, 2.45) is 5.92 Å². The molecule has 3 N–H and O–H groups in total. The Morgan fingerprint density at radius 1 is 1.19 bits per heavy atom. The normalized spacial score (nSPS) is 14.4. The highest BCUT2D eigenvalue weighted by atomic mass is 32.2. The minimum Gasteiger partial charge on any atom is -0.307 e.